The number of hydrogen-bond donors (Lipinski definition) is 2. The van der Waals surface area contributed by atoms with Crippen LogP contribution in [0.2, 0.25) is 0 Å². The van der Waals surface area contributed by atoms with E-state index in [1.165, 1.54) is 6.07 Å². The first-order valence-electron chi connectivity index (χ1n) is 6.70. The van der Waals surface area contributed by atoms with Crippen molar-refractivity contribution in [2.24, 2.45) is 0 Å². The highest BCUT2D eigenvalue weighted by Crippen LogP contribution is 2.36. The summed E-state index contributed by atoms with van der Waals surface area (Å²) in [6.45, 7) is 0.907. The van der Waals surface area contributed by atoms with Crippen molar-refractivity contribution in [2.75, 3.05) is 12.3 Å². The summed E-state index contributed by atoms with van der Waals surface area (Å²) in [6, 6.07) is 4.71. The van der Waals surface area contributed by atoms with Crippen molar-refractivity contribution >= 4 is 17.7 Å². The molecule has 0 aliphatic carbocycles. The second kappa shape index (κ2) is 5.51. The molecule has 3 rings (SSSR count). The van der Waals surface area contributed by atoms with E-state index in [0.717, 1.165) is 42.0 Å². The first-order valence-corrected chi connectivity index (χ1v) is 7.68. The first kappa shape index (κ1) is 12.9. The fourth-order valence-electron chi connectivity index (χ4n) is 2.70. The van der Waals surface area contributed by atoms with Gasteiger partial charge in [-0.25, -0.2) is 4.39 Å². The van der Waals surface area contributed by atoms with Crippen molar-refractivity contribution < 1.29 is 9.18 Å². The number of hydrogen-bond acceptors (Lipinski definition) is 3. The van der Waals surface area contributed by atoms with Crippen molar-refractivity contribution in [2.45, 2.75) is 36.2 Å². The minimum Gasteiger partial charge on any atom is -0.348 e. The molecule has 2 aliphatic rings. The quantitative estimate of drug-likeness (QED) is 0.873. The van der Waals surface area contributed by atoms with Crippen LogP contribution < -0.4 is 10.6 Å². The zero-order valence-electron chi connectivity index (χ0n) is 10.6. The molecule has 2 unspecified atom stereocenters. The van der Waals surface area contributed by atoms with E-state index in [2.05, 4.69) is 10.6 Å². The van der Waals surface area contributed by atoms with E-state index in [9.17, 15) is 9.18 Å². The maximum atomic E-state index is 13.4. The lowest BCUT2D eigenvalue weighted by molar-refractivity contribution is -0.123. The number of thioether (sulfide) groups is 1. The predicted octanol–water partition coefficient (Wildman–Crippen LogP) is 2.23. The van der Waals surface area contributed by atoms with Gasteiger partial charge in [0.15, 0.2) is 0 Å². The summed E-state index contributed by atoms with van der Waals surface area (Å²) in [5.41, 5.74) is 0.919. The highest BCUT2D eigenvalue weighted by molar-refractivity contribution is 7.99. The lowest BCUT2D eigenvalue weighted by Gasteiger charge is -2.27. The van der Waals surface area contributed by atoms with Gasteiger partial charge in [0, 0.05) is 10.6 Å². The van der Waals surface area contributed by atoms with Crippen LogP contribution in [0.1, 0.15) is 30.9 Å². The number of carbonyl (C=O) groups is 1. The Kier molecular flexibility index (Phi) is 3.75. The Labute approximate surface area is 116 Å². The van der Waals surface area contributed by atoms with Gasteiger partial charge in [-0.2, -0.15) is 0 Å². The fraction of sp³-hybridized carbons (Fsp3) is 0.500. The van der Waals surface area contributed by atoms with Crippen LogP contribution in [0.15, 0.2) is 23.1 Å². The number of carbonyl (C=O) groups excluding carboxylic acids is 1. The number of rotatable bonds is 2. The van der Waals surface area contributed by atoms with E-state index in [-0.39, 0.29) is 23.8 Å². The van der Waals surface area contributed by atoms with E-state index in [0.29, 0.717) is 0 Å². The van der Waals surface area contributed by atoms with Gasteiger partial charge < -0.3 is 10.6 Å². The number of amides is 1. The first-order chi connectivity index (χ1) is 9.24. The summed E-state index contributed by atoms with van der Waals surface area (Å²) in [7, 11) is 0. The Balaban J connectivity index is 1.75. The third-order valence-electron chi connectivity index (χ3n) is 3.70. The van der Waals surface area contributed by atoms with Gasteiger partial charge in [0.2, 0.25) is 5.91 Å². The van der Waals surface area contributed by atoms with Crippen LogP contribution in [0.3, 0.4) is 0 Å². The topological polar surface area (TPSA) is 41.1 Å². The second-order valence-corrected chi connectivity index (χ2v) is 6.17. The molecule has 2 N–H and O–H groups in total. The molecule has 1 amide bonds. The largest absolute Gasteiger partial charge is 0.348 e. The van der Waals surface area contributed by atoms with Crippen LogP contribution in [0.4, 0.5) is 4.39 Å². The number of fused-ring (bicyclic) bond motifs is 1. The molecule has 102 valence electrons. The zero-order chi connectivity index (χ0) is 13.2. The minimum absolute atomic E-state index is 0.0459. The molecule has 0 bridgehead atoms. The van der Waals surface area contributed by atoms with Gasteiger partial charge in [-0.1, -0.05) is 0 Å². The molecule has 5 heteroatoms. The van der Waals surface area contributed by atoms with Crippen LogP contribution in [-0.2, 0) is 4.79 Å². The molecular formula is C14H17FN2OS. The molecule has 0 saturated carbocycles. The molecule has 0 aromatic heterocycles. The molecule has 19 heavy (non-hydrogen) atoms. The number of nitrogens with one attached hydrogen (secondary N) is 2. The summed E-state index contributed by atoms with van der Waals surface area (Å²) in [4.78, 5) is 13.2. The molecule has 1 aromatic carbocycles. The standard InChI is InChI=1S/C14H17FN2OS/c15-9-3-4-13-10(8-9)11(5-7-19-13)17-14(18)12-2-1-6-16-12/h3-4,8,11-12,16H,1-2,5-7H2,(H,17,18). The van der Waals surface area contributed by atoms with Gasteiger partial charge in [-0.15, -0.1) is 11.8 Å². The lowest BCUT2D eigenvalue weighted by atomic mass is 10.0. The maximum Gasteiger partial charge on any atom is 0.237 e. The smallest absolute Gasteiger partial charge is 0.237 e. The second-order valence-electron chi connectivity index (χ2n) is 5.03. The molecule has 2 aliphatic heterocycles. The Morgan fingerprint density at radius 3 is 3.11 bits per heavy atom. The van der Waals surface area contributed by atoms with Gasteiger partial charge in [0.1, 0.15) is 5.82 Å². The monoisotopic (exact) mass is 280 g/mol. The molecule has 0 radical (unpaired) electrons. The third kappa shape index (κ3) is 2.77. The van der Waals surface area contributed by atoms with Crippen LogP contribution in [0, 0.1) is 5.82 Å². The van der Waals surface area contributed by atoms with E-state index < -0.39 is 0 Å². The summed E-state index contributed by atoms with van der Waals surface area (Å²) >= 11 is 1.73. The summed E-state index contributed by atoms with van der Waals surface area (Å²) < 4.78 is 13.4. The SMILES string of the molecule is O=C(NC1CCSc2ccc(F)cc21)C1CCCN1. The average molecular weight is 280 g/mol. The van der Waals surface area contributed by atoms with Crippen molar-refractivity contribution in [3.05, 3.63) is 29.6 Å². The molecule has 0 spiro atoms. The van der Waals surface area contributed by atoms with E-state index in [1.54, 1.807) is 17.8 Å². The van der Waals surface area contributed by atoms with Crippen LogP contribution in [0.25, 0.3) is 0 Å². The lowest BCUT2D eigenvalue weighted by Crippen LogP contribution is -2.42. The Morgan fingerprint density at radius 2 is 2.32 bits per heavy atom. The Bertz CT molecular complexity index is 488. The third-order valence-corrected chi connectivity index (χ3v) is 4.83. The van der Waals surface area contributed by atoms with Gasteiger partial charge in [-0.3, -0.25) is 4.79 Å². The van der Waals surface area contributed by atoms with Crippen molar-refractivity contribution in [1.82, 2.24) is 10.6 Å². The van der Waals surface area contributed by atoms with E-state index in [1.807, 2.05) is 6.07 Å². The van der Waals surface area contributed by atoms with Gasteiger partial charge in [0.25, 0.3) is 0 Å². The minimum atomic E-state index is -0.237. The highest BCUT2D eigenvalue weighted by atomic mass is 32.2. The Hall–Kier alpha value is -1.07. The molecule has 3 nitrogen and oxygen atoms in total. The molecular weight excluding hydrogens is 263 g/mol. The van der Waals surface area contributed by atoms with Crippen LogP contribution in [0.5, 0.6) is 0 Å². The summed E-state index contributed by atoms with van der Waals surface area (Å²) in [5.74, 6) is 0.769. The van der Waals surface area contributed by atoms with Gasteiger partial charge >= 0.3 is 0 Å². The van der Waals surface area contributed by atoms with E-state index >= 15 is 0 Å². The number of benzene rings is 1. The predicted molar refractivity (Wildman–Crippen MR) is 73.6 cm³/mol. The Morgan fingerprint density at radius 1 is 1.42 bits per heavy atom. The summed E-state index contributed by atoms with van der Waals surface area (Å²) in [6.07, 6.45) is 2.80. The molecule has 1 saturated heterocycles. The number of halogens is 1. The maximum absolute atomic E-state index is 13.4. The molecule has 2 heterocycles. The van der Waals surface area contributed by atoms with E-state index in [4.69, 9.17) is 0 Å². The van der Waals surface area contributed by atoms with Crippen LogP contribution in [-0.4, -0.2) is 24.2 Å². The molecule has 2 atom stereocenters. The van der Waals surface area contributed by atoms with Gasteiger partial charge in [0.05, 0.1) is 12.1 Å². The van der Waals surface area contributed by atoms with Crippen molar-refractivity contribution in [3.63, 3.8) is 0 Å². The normalized spacial score (nSPS) is 25.9. The van der Waals surface area contributed by atoms with Gasteiger partial charge in [-0.05, 0) is 49.6 Å². The van der Waals surface area contributed by atoms with Crippen molar-refractivity contribution in [3.8, 4) is 0 Å². The van der Waals surface area contributed by atoms with Crippen molar-refractivity contribution in [1.29, 1.82) is 0 Å². The summed E-state index contributed by atoms with van der Waals surface area (Å²) in [5, 5.41) is 6.25. The van der Waals surface area contributed by atoms with Crippen LogP contribution >= 0.6 is 11.8 Å². The zero-order valence-corrected chi connectivity index (χ0v) is 11.4. The molecule has 1 fully saturated rings. The average Bonchev–Trinajstić information content (AvgIpc) is 2.93. The fourth-order valence-corrected chi connectivity index (χ4v) is 3.80. The highest BCUT2D eigenvalue weighted by Gasteiger charge is 2.27. The molecule has 1 aromatic rings.